The van der Waals surface area contributed by atoms with Crippen LogP contribution in [0.1, 0.15) is 45.1 Å². The second kappa shape index (κ2) is 10.5. The summed E-state index contributed by atoms with van der Waals surface area (Å²) >= 11 is 0. The van der Waals surface area contributed by atoms with Crippen LogP contribution in [0.2, 0.25) is 0 Å². The summed E-state index contributed by atoms with van der Waals surface area (Å²) in [6, 6.07) is 6.05. The smallest absolute Gasteiger partial charge is 0.140 e. The Morgan fingerprint density at radius 1 is 1.17 bits per heavy atom. The van der Waals surface area contributed by atoms with Crippen molar-refractivity contribution in [1.82, 2.24) is 4.90 Å². The van der Waals surface area contributed by atoms with E-state index in [1.54, 1.807) is 0 Å². The molecule has 1 aliphatic heterocycles. The molecule has 0 unspecified atom stereocenters. The summed E-state index contributed by atoms with van der Waals surface area (Å²) in [5.74, 6) is 0.844. The topological polar surface area (TPSA) is 45.2 Å². The van der Waals surface area contributed by atoms with Crippen LogP contribution in [0.4, 0.5) is 5.69 Å². The van der Waals surface area contributed by atoms with E-state index in [1.165, 1.54) is 36.6 Å². The number of unbranched alkanes of at least 4 members (excludes halogenated alkanes) is 1. The van der Waals surface area contributed by atoms with E-state index in [9.17, 15) is 5.11 Å². The van der Waals surface area contributed by atoms with Crippen molar-refractivity contribution in [3.63, 3.8) is 0 Å². The van der Waals surface area contributed by atoms with Gasteiger partial charge in [0.1, 0.15) is 12.5 Å². The molecule has 1 N–H and O–H groups in total. The molecular weight excluding hydrogens is 304 g/mol. The largest absolute Gasteiger partial charge is 0.494 e. The molecule has 24 heavy (non-hydrogen) atoms. The zero-order chi connectivity index (χ0) is 17.2. The molecule has 0 aliphatic carbocycles. The highest BCUT2D eigenvalue weighted by molar-refractivity contribution is 5.56. The van der Waals surface area contributed by atoms with E-state index in [-0.39, 0.29) is 6.73 Å². The molecule has 1 aliphatic rings. The normalized spacial score (nSPS) is 14.1. The summed E-state index contributed by atoms with van der Waals surface area (Å²) in [4.78, 5) is 7.98. The molecular formula is C19H32N2O3. The van der Waals surface area contributed by atoms with E-state index < -0.39 is 0 Å². The molecule has 0 saturated heterocycles. The van der Waals surface area contributed by atoms with Crippen LogP contribution < -0.4 is 9.80 Å². The van der Waals surface area contributed by atoms with Gasteiger partial charge in [-0.05, 0) is 56.9 Å². The number of hydrogen-bond donors (Lipinski definition) is 1. The second-order valence-corrected chi connectivity index (χ2v) is 6.29. The van der Waals surface area contributed by atoms with Gasteiger partial charge in [-0.2, -0.15) is 0 Å². The molecule has 136 valence electrons. The molecule has 5 nitrogen and oxygen atoms in total. The van der Waals surface area contributed by atoms with Crippen LogP contribution in [0.5, 0.6) is 5.75 Å². The van der Waals surface area contributed by atoms with Crippen molar-refractivity contribution >= 4 is 5.69 Å². The maximum atomic E-state index is 9.37. The van der Waals surface area contributed by atoms with Gasteiger partial charge in [-0.3, -0.25) is 4.84 Å². The zero-order valence-electron chi connectivity index (χ0n) is 15.2. The summed E-state index contributed by atoms with van der Waals surface area (Å²) in [5, 5.41) is 10.9. The fourth-order valence-electron chi connectivity index (χ4n) is 3.12. The van der Waals surface area contributed by atoms with Crippen LogP contribution in [0.25, 0.3) is 0 Å². The van der Waals surface area contributed by atoms with Gasteiger partial charge in [0.2, 0.25) is 0 Å². The molecule has 0 atom stereocenters. The Bertz CT molecular complexity index is 476. The SMILES string of the molecule is CCCN(CCC)CCCCOc1ccc2c(c1)N(CO)OCC2. The highest BCUT2D eigenvalue weighted by atomic mass is 16.7. The van der Waals surface area contributed by atoms with Gasteiger partial charge < -0.3 is 14.7 Å². The number of aliphatic hydroxyl groups excluding tert-OH is 1. The van der Waals surface area contributed by atoms with Crippen molar-refractivity contribution in [3.05, 3.63) is 23.8 Å². The summed E-state index contributed by atoms with van der Waals surface area (Å²) in [7, 11) is 0. The number of fused-ring (bicyclic) bond motifs is 1. The lowest BCUT2D eigenvalue weighted by Crippen LogP contribution is -2.30. The Labute approximate surface area is 146 Å². The Kier molecular flexibility index (Phi) is 8.36. The number of nitrogens with zero attached hydrogens (tertiary/aromatic N) is 2. The highest BCUT2D eigenvalue weighted by Gasteiger charge is 2.17. The molecule has 0 fully saturated rings. The van der Waals surface area contributed by atoms with Crippen LogP contribution in [0.3, 0.4) is 0 Å². The number of ether oxygens (including phenoxy) is 1. The Morgan fingerprint density at radius 3 is 2.67 bits per heavy atom. The van der Waals surface area contributed by atoms with Gasteiger partial charge in [0, 0.05) is 12.5 Å². The van der Waals surface area contributed by atoms with E-state index >= 15 is 0 Å². The lowest BCUT2D eigenvalue weighted by atomic mass is 10.1. The molecule has 0 radical (unpaired) electrons. The second-order valence-electron chi connectivity index (χ2n) is 6.29. The molecule has 1 aromatic carbocycles. The zero-order valence-corrected chi connectivity index (χ0v) is 15.2. The van der Waals surface area contributed by atoms with Gasteiger partial charge in [0.15, 0.2) is 0 Å². The van der Waals surface area contributed by atoms with Crippen LogP contribution in [0, 0.1) is 0 Å². The van der Waals surface area contributed by atoms with E-state index in [1.807, 2.05) is 12.1 Å². The molecule has 0 saturated carbocycles. The van der Waals surface area contributed by atoms with Crippen molar-refractivity contribution in [2.75, 3.05) is 44.6 Å². The lowest BCUT2D eigenvalue weighted by Gasteiger charge is -2.28. The minimum atomic E-state index is -0.138. The predicted molar refractivity (Wildman–Crippen MR) is 97.4 cm³/mol. The molecule has 2 rings (SSSR count). The number of benzene rings is 1. The van der Waals surface area contributed by atoms with Crippen molar-refractivity contribution in [1.29, 1.82) is 0 Å². The molecule has 0 amide bonds. The summed E-state index contributed by atoms with van der Waals surface area (Å²) in [6.45, 7) is 9.21. The molecule has 1 aromatic rings. The summed E-state index contributed by atoms with van der Waals surface area (Å²) in [6.07, 6.45) is 5.53. The van der Waals surface area contributed by atoms with Crippen LogP contribution in [0.15, 0.2) is 18.2 Å². The van der Waals surface area contributed by atoms with Crippen LogP contribution >= 0.6 is 0 Å². The van der Waals surface area contributed by atoms with E-state index in [2.05, 4.69) is 24.8 Å². The fraction of sp³-hybridized carbons (Fsp3) is 0.684. The van der Waals surface area contributed by atoms with E-state index in [0.29, 0.717) is 6.61 Å². The van der Waals surface area contributed by atoms with Gasteiger partial charge in [-0.15, -0.1) is 0 Å². The summed E-state index contributed by atoms with van der Waals surface area (Å²) < 4.78 is 5.88. The molecule has 5 heteroatoms. The third-order valence-corrected chi connectivity index (χ3v) is 4.29. The van der Waals surface area contributed by atoms with Gasteiger partial charge in [0.25, 0.3) is 0 Å². The summed E-state index contributed by atoms with van der Waals surface area (Å²) in [5.41, 5.74) is 2.11. The molecule has 0 spiro atoms. The third-order valence-electron chi connectivity index (χ3n) is 4.29. The maximum Gasteiger partial charge on any atom is 0.140 e. The average molecular weight is 336 g/mol. The first-order chi connectivity index (χ1) is 11.8. The maximum absolute atomic E-state index is 9.37. The third kappa shape index (κ3) is 5.65. The standard InChI is InChI=1S/C19H32N2O3/c1-3-10-20(11-4-2)12-5-6-13-23-18-8-7-17-9-14-24-21(16-22)19(17)15-18/h7-8,15,22H,3-6,9-14,16H2,1-2H3. The predicted octanol–water partition coefficient (Wildman–Crippen LogP) is 3.21. The van der Waals surface area contributed by atoms with Gasteiger partial charge in [-0.25, -0.2) is 5.06 Å². The quantitative estimate of drug-likeness (QED) is 0.629. The van der Waals surface area contributed by atoms with E-state index in [0.717, 1.165) is 43.9 Å². The van der Waals surface area contributed by atoms with Crippen molar-refractivity contribution in [2.45, 2.75) is 46.0 Å². The molecule has 1 heterocycles. The Hall–Kier alpha value is -1.30. The Balaban J connectivity index is 1.74. The number of hydrogen-bond acceptors (Lipinski definition) is 5. The average Bonchev–Trinajstić information content (AvgIpc) is 2.61. The van der Waals surface area contributed by atoms with Crippen LogP contribution in [-0.2, 0) is 11.3 Å². The fourth-order valence-corrected chi connectivity index (χ4v) is 3.12. The van der Waals surface area contributed by atoms with Crippen LogP contribution in [-0.4, -0.2) is 49.6 Å². The molecule has 0 aromatic heterocycles. The minimum Gasteiger partial charge on any atom is -0.494 e. The van der Waals surface area contributed by atoms with Gasteiger partial charge in [0.05, 0.1) is 18.9 Å². The first kappa shape index (κ1) is 19.0. The van der Waals surface area contributed by atoms with Crippen molar-refractivity contribution < 1.29 is 14.7 Å². The first-order valence-corrected chi connectivity index (χ1v) is 9.27. The highest BCUT2D eigenvalue weighted by Crippen LogP contribution is 2.29. The van der Waals surface area contributed by atoms with Crippen molar-refractivity contribution in [3.8, 4) is 5.75 Å². The number of anilines is 1. The van der Waals surface area contributed by atoms with Crippen molar-refractivity contribution in [2.24, 2.45) is 0 Å². The lowest BCUT2D eigenvalue weighted by molar-refractivity contribution is 0.0541. The number of rotatable bonds is 11. The van der Waals surface area contributed by atoms with Gasteiger partial charge in [-0.1, -0.05) is 19.9 Å². The number of aliphatic hydroxyl groups is 1. The first-order valence-electron chi connectivity index (χ1n) is 9.27. The van der Waals surface area contributed by atoms with E-state index in [4.69, 9.17) is 9.57 Å². The number of hydroxylamine groups is 1. The molecule has 0 bridgehead atoms. The van der Waals surface area contributed by atoms with Gasteiger partial charge >= 0.3 is 0 Å². The Morgan fingerprint density at radius 2 is 1.96 bits per heavy atom. The monoisotopic (exact) mass is 336 g/mol. The minimum absolute atomic E-state index is 0.138.